The smallest absolute Gasteiger partial charge is 0.107 e. The van der Waals surface area contributed by atoms with E-state index in [4.69, 9.17) is 0 Å². The van der Waals surface area contributed by atoms with Crippen LogP contribution in [-0.2, 0) is 0 Å². The molecule has 1 aromatic rings. The molecule has 0 saturated heterocycles. The Bertz CT molecular complexity index is 262. The largest absolute Gasteiger partial charge is 0.389 e. The number of aliphatic hydroxyl groups is 2. The summed E-state index contributed by atoms with van der Waals surface area (Å²) in [5, 5.41) is 24.0. The summed E-state index contributed by atoms with van der Waals surface area (Å²) in [6.45, 7) is 2.34. The van der Waals surface area contributed by atoms with Gasteiger partial charge in [0.25, 0.3) is 0 Å². The van der Waals surface area contributed by atoms with Crippen molar-refractivity contribution in [3.63, 3.8) is 0 Å². The SMILES string of the molecule is CNCC(O)C(O)c1ccsc1C. The zero-order chi connectivity index (χ0) is 9.84. The molecule has 0 spiro atoms. The van der Waals surface area contributed by atoms with Crippen molar-refractivity contribution in [3.8, 4) is 0 Å². The van der Waals surface area contributed by atoms with Gasteiger partial charge in [-0.3, -0.25) is 0 Å². The van der Waals surface area contributed by atoms with E-state index in [0.29, 0.717) is 6.54 Å². The van der Waals surface area contributed by atoms with Crippen LogP contribution in [0.25, 0.3) is 0 Å². The lowest BCUT2D eigenvalue weighted by molar-refractivity contribution is 0.0201. The van der Waals surface area contributed by atoms with Gasteiger partial charge in [0.1, 0.15) is 6.10 Å². The average Bonchev–Trinajstić information content (AvgIpc) is 2.50. The maximum atomic E-state index is 9.71. The summed E-state index contributed by atoms with van der Waals surface area (Å²) in [6.07, 6.45) is -1.52. The van der Waals surface area contributed by atoms with E-state index >= 15 is 0 Å². The van der Waals surface area contributed by atoms with Crippen molar-refractivity contribution in [2.45, 2.75) is 19.1 Å². The van der Waals surface area contributed by atoms with Crippen LogP contribution >= 0.6 is 11.3 Å². The molecule has 2 atom stereocenters. The number of nitrogens with one attached hydrogen (secondary N) is 1. The maximum absolute atomic E-state index is 9.71. The first-order chi connectivity index (χ1) is 6.16. The van der Waals surface area contributed by atoms with Crippen molar-refractivity contribution in [2.75, 3.05) is 13.6 Å². The molecule has 1 aromatic heterocycles. The molecule has 74 valence electrons. The first-order valence-corrected chi connectivity index (χ1v) is 5.09. The summed E-state index contributed by atoms with van der Waals surface area (Å²) >= 11 is 1.58. The molecular formula is C9H15NO2S. The van der Waals surface area contributed by atoms with Gasteiger partial charge in [0.05, 0.1) is 6.10 Å². The average molecular weight is 201 g/mol. The second-order valence-corrected chi connectivity index (χ2v) is 4.12. The van der Waals surface area contributed by atoms with Crippen LogP contribution in [0.5, 0.6) is 0 Å². The van der Waals surface area contributed by atoms with Crippen molar-refractivity contribution in [3.05, 3.63) is 21.9 Å². The van der Waals surface area contributed by atoms with Crippen molar-refractivity contribution >= 4 is 11.3 Å². The zero-order valence-corrected chi connectivity index (χ0v) is 8.64. The zero-order valence-electron chi connectivity index (χ0n) is 7.82. The summed E-state index contributed by atoms with van der Waals surface area (Å²) in [6, 6.07) is 1.85. The van der Waals surface area contributed by atoms with Crippen LogP contribution in [0.15, 0.2) is 11.4 Å². The van der Waals surface area contributed by atoms with Crippen molar-refractivity contribution in [1.29, 1.82) is 0 Å². The van der Waals surface area contributed by atoms with Gasteiger partial charge in [-0.15, -0.1) is 11.3 Å². The third-order valence-electron chi connectivity index (χ3n) is 2.00. The molecule has 2 unspecified atom stereocenters. The van der Waals surface area contributed by atoms with E-state index in [0.717, 1.165) is 10.4 Å². The van der Waals surface area contributed by atoms with Crippen molar-refractivity contribution in [2.24, 2.45) is 0 Å². The lowest BCUT2D eigenvalue weighted by atomic mass is 10.1. The molecule has 0 aliphatic carbocycles. The van der Waals surface area contributed by atoms with Gasteiger partial charge in [-0.1, -0.05) is 0 Å². The standard InChI is InChI=1S/C9H15NO2S/c1-6-7(3-4-13-6)9(12)8(11)5-10-2/h3-4,8-12H,5H2,1-2H3. The van der Waals surface area contributed by atoms with E-state index in [9.17, 15) is 10.2 Å². The second kappa shape index (κ2) is 4.72. The van der Waals surface area contributed by atoms with Crippen LogP contribution in [-0.4, -0.2) is 29.9 Å². The molecule has 0 radical (unpaired) electrons. The van der Waals surface area contributed by atoms with E-state index in [-0.39, 0.29) is 0 Å². The number of thiophene rings is 1. The van der Waals surface area contributed by atoms with E-state index in [1.807, 2.05) is 18.4 Å². The summed E-state index contributed by atoms with van der Waals surface area (Å²) in [4.78, 5) is 1.06. The number of hydrogen-bond acceptors (Lipinski definition) is 4. The van der Waals surface area contributed by atoms with Gasteiger partial charge in [-0.05, 0) is 31.0 Å². The van der Waals surface area contributed by atoms with E-state index in [1.165, 1.54) is 0 Å². The minimum absolute atomic E-state index is 0.399. The van der Waals surface area contributed by atoms with Crippen molar-refractivity contribution < 1.29 is 10.2 Å². The summed E-state index contributed by atoms with van der Waals surface area (Å²) in [7, 11) is 1.75. The molecule has 0 aromatic carbocycles. The molecule has 0 saturated carbocycles. The van der Waals surface area contributed by atoms with Gasteiger partial charge in [0.15, 0.2) is 0 Å². The summed E-state index contributed by atoms with van der Waals surface area (Å²) < 4.78 is 0. The van der Waals surface area contributed by atoms with Crippen LogP contribution in [0, 0.1) is 6.92 Å². The Balaban J connectivity index is 2.67. The Labute approximate surface area is 82.0 Å². The molecule has 0 amide bonds. The minimum Gasteiger partial charge on any atom is -0.389 e. The molecule has 0 bridgehead atoms. The molecule has 0 aliphatic heterocycles. The first kappa shape index (κ1) is 10.7. The van der Waals surface area contributed by atoms with Gasteiger partial charge in [-0.25, -0.2) is 0 Å². The molecule has 0 fully saturated rings. The monoisotopic (exact) mass is 201 g/mol. The first-order valence-electron chi connectivity index (χ1n) is 4.21. The molecule has 3 N–H and O–H groups in total. The highest BCUT2D eigenvalue weighted by Crippen LogP contribution is 2.24. The van der Waals surface area contributed by atoms with Crippen molar-refractivity contribution in [1.82, 2.24) is 5.32 Å². The maximum Gasteiger partial charge on any atom is 0.107 e. The molecule has 3 nitrogen and oxygen atoms in total. The molecule has 13 heavy (non-hydrogen) atoms. The second-order valence-electron chi connectivity index (χ2n) is 3.00. The third kappa shape index (κ3) is 2.51. The fraction of sp³-hybridized carbons (Fsp3) is 0.556. The minimum atomic E-state index is -0.779. The number of likely N-dealkylation sites (N-methyl/N-ethyl adjacent to an activating group) is 1. The van der Waals surface area contributed by atoms with E-state index in [2.05, 4.69) is 5.32 Å². The van der Waals surface area contributed by atoms with Gasteiger partial charge >= 0.3 is 0 Å². The van der Waals surface area contributed by atoms with Crippen LogP contribution < -0.4 is 5.32 Å². The third-order valence-corrected chi connectivity index (χ3v) is 2.86. The highest BCUT2D eigenvalue weighted by molar-refractivity contribution is 7.10. The highest BCUT2D eigenvalue weighted by atomic mass is 32.1. The molecule has 0 aliphatic rings. The van der Waals surface area contributed by atoms with E-state index < -0.39 is 12.2 Å². The molecule has 1 heterocycles. The van der Waals surface area contributed by atoms with Gasteiger partial charge in [0.2, 0.25) is 0 Å². The Morgan fingerprint density at radius 2 is 2.23 bits per heavy atom. The number of aliphatic hydroxyl groups excluding tert-OH is 2. The van der Waals surface area contributed by atoms with Crippen LogP contribution in [0.2, 0.25) is 0 Å². The molecule has 4 heteroatoms. The highest BCUT2D eigenvalue weighted by Gasteiger charge is 2.19. The van der Waals surface area contributed by atoms with Gasteiger partial charge in [-0.2, -0.15) is 0 Å². The quantitative estimate of drug-likeness (QED) is 0.671. The number of aryl methyl sites for hydroxylation is 1. The summed E-state index contributed by atoms with van der Waals surface area (Å²) in [5.74, 6) is 0. The lowest BCUT2D eigenvalue weighted by Gasteiger charge is -2.17. The van der Waals surface area contributed by atoms with Crippen LogP contribution in [0.1, 0.15) is 16.5 Å². The van der Waals surface area contributed by atoms with Crippen LogP contribution in [0.4, 0.5) is 0 Å². The summed E-state index contributed by atoms with van der Waals surface area (Å²) in [5.41, 5.74) is 0.827. The topological polar surface area (TPSA) is 52.5 Å². The number of hydrogen-bond donors (Lipinski definition) is 3. The van der Waals surface area contributed by atoms with Gasteiger partial charge < -0.3 is 15.5 Å². The molecular weight excluding hydrogens is 186 g/mol. The lowest BCUT2D eigenvalue weighted by Crippen LogP contribution is -2.29. The Hall–Kier alpha value is -0.420. The van der Waals surface area contributed by atoms with Gasteiger partial charge in [0, 0.05) is 11.4 Å². The van der Waals surface area contributed by atoms with E-state index in [1.54, 1.807) is 18.4 Å². The normalized spacial score (nSPS) is 15.7. The fourth-order valence-electron chi connectivity index (χ4n) is 1.23. The number of rotatable bonds is 4. The Morgan fingerprint density at radius 3 is 2.69 bits per heavy atom. The Kier molecular flexibility index (Phi) is 3.87. The predicted molar refractivity (Wildman–Crippen MR) is 53.9 cm³/mol. The molecule has 1 rings (SSSR count). The van der Waals surface area contributed by atoms with Crippen LogP contribution in [0.3, 0.4) is 0 Å². The fourth-order valence-corrected chi connectivity index (χ4v) is 1.97. The Morgan fingerprint density at radius 1 is 1.54 bits per heavy atom. The predicted octanol–water partition coefficient (Wildman–Crippen LogP) is 0.670.